The van der Waals surface area contributed by atoms with Crippen LogP contribution in [0.15, 0.2) is 18.2 Å². The van der Waals surface area contributed by atoms with E-state index in [1.54, 1.807) is 0 Å². The fraction of sp³-hybridized carbons (Fsp3) is 0.571. The second-order valence-electron chi connectivity index (χ2n) is 4.61. The van der Waals surface area contributed by atoms with E-state index in [1.807, 2.05) is 0 Å². The number of hydrogen-bond donors (Lipinski definition) is 1. The number of hydrogen-bond acceptors (Lipinski definition) is 2. The van der Waals surface area contributed by atoms with Crippen molar-refractivity contribution in [3.8, 4) is 5.75 Å². The second kappa shape index (κ2) is 5.35. The van der Waals surface area contributed by atoms with Crippen molar-refractivity contribution in [1.82, 2.24) is 0 Å². The van der Waals surface area contributed by atoms with Crippen LogP contribution < -0.4 is 10.5 Å². The summed E-state index contributed by atoms with van der Waals surface area (Å²) in [6.07, 6.45) is 4.55. The topological polar surface area (TPSA) is 35.2 Å². The lowest BCUT2D eigenvalue weighted by atomic mass is 9.94. The number of benzene rings is 1. The Balaban J connectivity index is 2.10. The van der Waals surface area contributed by atoms with Gasteiger partial charge in [-0.3, -0.25) is 0 Å². The molecule has 1 heterocycles. The van der Waals surface area contributed by atoms with Gasteiger partial charge >= 0.3 is 0 Å². The first-order valence-corrected chi connectivity index (χ1v) is 6.28. The molecule has 2 N–H and O–H groups in total. The van der Waals surface area contributed by atoms with Gasteiger partial charge in [-0.25, -0.2) is 0 Å². The van der Waals surface area contributed by atoms with E-state index >= 15 is 0 Å². The number of ether oxygens (including phenoxy) is 1. The highest BCUT2D eigenvalue weighted by atomic mass is 16.5. The average Bonchev–Trinajstić information content (AvgIpc) is 2.35. The third-order valence-corrected chi connectivity index (χ3v) is 3.41. The Hall–Kier alpha value is -1.02. The van der Waals surface area contributed by atoms with Gasteiger partial charge in [-0.05, 0) is 48.9 Å². The van der Waals surface area contributed by atoms with Gasteiger partial charge in [0.2, 0.25) is 0 Å². The molecule has 0 saturated carbocycles. The van der Waals surface area contributed by atoms with Crippen LogP contribution in [0.5, 0.6) is 5.75 Å². The van der Waals surface area contributed by atoms with Crippen molar-refractivity contribution < 1.29 is 4.74 Å². The van der Waals surface area contributed by atoms with Gasteiger partial charge in [-0.1, -0.05) is 25.5 Å². The first-order chi connectivity index (χ1) is 7.83. The molecule has 0 bridgehead atoms. The largest absolute Gasteiger partial charge is 0.493 e. The van der Waals surface area contributed by atoms with Gasteiger partial charge in [0, 0.05) is 0 Å². The van der Waals surface area contributed by atoms with Gasteiger partial charge in [-0.2, -0.15) is 0 Å². The third-order valence-electron chi connectivity index (χ3n) is 3.41. The molecule has 1 unspecified atom stereocenters. The second-order valence-corrected chi connectivity index (χ2v) is 4.61. The zero-order chi connectivity index (χ0) is 11.4. The Morgan fingerprint density at radius 2 is 2.31 bits per heavy atom. The van der Waals surface area contributed by atoms with Crippen molar-refractivity contribution in [2.24, 2.45) is 11.7 Å². The molecule has 1 aliphatic heterocycles. The van der Waals surface area contributed by atoms with E-state index in [1.165, 1.54) is 11.1 Å². The van der Waals surface area contributed by atoms with E-state index in [0.29, 0.717) is 5.92 Å². The summed E-state index contributed by atoms with van der Waals surface area (Å²) >= 11 is 0. The SMILES string of the molecule is CCC(CN)Cc1ccc2c(c1)CCCO2. The van der Waals surface area contributed by atoms with E-state index in [2.05, 4.69) is 25.1 Å². The summed E-state index contributed by atoms with van der Waals surface area (Å²) in [6, 6.07) is 6.60. The minimum atomic E-state index is 0.613. The first-order valence-electron chi connectivity index (χ1n) is 6.28. The van der Waals surface area contributed by atoms with Crippen LogP contribution >= 0.6 is 0 Å². The van der Waals surface area contributed by atoms with Gasteiger partial charge < -0.3 is 10.5 Å². The van der Waals surface area contributed by atoms with Gasteiger partial charge in [0.25, 0.3) is 0 Å². The monoisotopic (exact) mass is 219 g/mol. The van der Waals surface area contributed by atoms with Gasteiger partial charge in [-0.15, -0.1) is 0 Å². The Kier molecular flexibility index (Phi) is 3.83. The van der Waals surface area contributed by atoms with Crippen molar-refractivity contribution in [3.05, 3.63) is 29.3 Å². The highest BCUT2D eigenvalue weighted by molar-refractivity contribution is 5.38. The summed E-state index contributed by atoms with van der Waals surface area (Å²) in [7, 11) is 0. The van der Waals surface area contributed by atoms with Crippen LogP contribution in [-0.2, 0) is 12.8 Å². The fourth-order valence-corrected chi connectivity index (χ4v) is 2.27. The van der Waals surface area contributed by atoms with Crippen molar-refractivity contribution in [1.29, 1.82) is 0 Å². The molecule has 0 aliphatic carbocycles. The predicted octanol–water partition coefficient (Wildman–Crippen LogP) is 2.54. The molecule has 0 aromatic heterocycles. The van der Waals surface area contributed by atoms with Crippen LogP contribution in [-0.4, -0.2) is 13.2 Å². The minimum absolute atomic E-state index is 0.613. The molecule has 1 aromatic rings. The minimum Gasteiger partial charge on any atom is -0.493 e. The average molecular weight is 219 g/mol. The summed E-state index contributed by atoms with van der Waals surface area (Å²) in [5.74, 6) is 1.69. The molecule has 0 amide bonds. The fourth-order valence-electron chi connectivity index (χ4n) is 2.27. The molecule has 0 radical (unpaired) electrons. The molecule has 0 fully saturated rings. The molecule has 88 valence electrons. The van der Waals surface area contributed by atoms with Gasteiger partial charge in [0.05, 0.1) is 6.61 Å². The lowest BCUT2D eigenvalue weighted by Gasteiger charge is -2.19. The van der Waals surface area contributed by atoms with Crippen molar-refractivity contribution >= 4 is 0 Å². The normalized spacial score (nSPS) is 16.4. The zero-order valence-corrected chi connectivity index (χ0v) is 10.0. The highest BCUT2D eigenvalue weighted by Crippen LogP contribution is 2.26. The predicted molar refractivity (Wildman–Crippen MR) is 66.8 cm³/mol. The van der Waals surface area contributed by atoms with E-state index in [9.17, 15) is 0 Å². The third kappa shape index (κ3) is 2.56. The molecule has 16 heavy (non-hydrogen) atoms. The zero-order valence-electron chi connectivity index (χ0n) is 10.0. The first kappa shape index (κ1) is 11.5. The molecule has 2 nitrogen and oxygen atoms in total. The molecule has 0 spiro atoms. The smallest absolute Gasteiger partial charge is 0.122 e. The summed E-state index contributed by atoms with van der Waals surface area (Å²) < 4.78 is 5.61. The maximum atomic E-state index is 5.74. The van der Waals surface area contributed by atoms with E-state index in [4.69, 9.17) is 10.5 Å². The molecule has 1 atom stereocenters. The summed E-state index contributed by atoms with van der Waals surface area (Å²) in [5.41, 5.74) is 8.52. The number of fused-ring (bicyclic) bond motifs is 1. The summed E-state index contributed by atoms with van der Waals surface area (Å²) in [5, 5.41) is 0. The summed E-state index contributed by atoms with van der Waals surface area (Å²) in [4.78, 5) is 0. The Bertz CT molecular complexity index is 345. The van der Waals surface area contributed by atoms with Gasteiger partial charge in [0.15, 0.2) is 0 Å². The van der Waals surface area contributed by atoms with Crippen LogP contribution in [0.3, 0.4) is 0 Å². The quantitative estimate of drug-likeness (QED) is 0.844. The van der Waals surface area contributed by atoms with Crippen LogP contribution in [0.4, 0.5) is 0 Å². The molecule has 1 aromatic carbocycles. The van der Waals surface area contributed by atoms with Gasteiger partial charge in [0.1, 0.15) is 5.75 Å². The van der Waals surface area contributed by atoms with E-state index in [-0.39, 0.29) is 0 Å². The van der Waals surface area contributed by atoms with Crippen molar-refractivity contribution in [3.63, 3.8) is 0 Å². The molecular weight excluding hydrogens is 198 g/mol. The standard InChI is InChI=1S/C14H21NO/c1-2-11(10-15)8-12-5-6-14-13(9-12)4-3-7-16-14/h5-6,9,11H,2-4,7-8,10,15H2,1H3. The Morgan fingerprint density at radius 1 is 1.44 bits per heavy atom. The Labute approximate surface area is 97.8 Å². The molecular formula is C14H21NO. The lowest BCUT2D eigenvalue weighted by molar-refractivity contribution is 0.288. The highest BCUT2D eigenvalue weighted by Gasteiger charge is 2.12. The number of nitrogens with two attached hydrogens (primary N) is 1. The molecule has 2 rings (SSSR count). The van der Waals surface area contributed by atoms with E-state index in [0.717, 1.165) is 44.6 Å². The molecule has 2 heteroatoms. The number of aryl methyl sites for hydroxylation is 1. The van der Waals surface area contributed by atoms with Crippen LogP contribution in [0.1, 0.15) is 30.9 Å². The molecule has 0 saturated heterocycles. The molecule has 1 aliphatic rings. The Morgan fingerprint density at radius 3 is 3.06 bits per heavy atom. The van der Waals surface area contributed by atoms with Crippen molar-refractivity contribution in [2.75, 3.05) is 13.2 Å². The number of rotatable bonds is 4. The van der Waals surface area contributed by atoms with Crippen molar-refractivity contribution in [2.45, 2.75) is 32.6 Å². The van der Waals surface area contributed by atoms with Crippen LogP contribution in [0, 0.1) is 5.92 Å². The maximum absolute atomic E-state index is 5.74. The lowest BCUT2D eigenvalue weighted by Crippen LogP contribution is -2.16. The summed E-state index contributed by atoms with van der Waals surface area (Å²) in [6.45, 7) is 3.86. The maximum Gasteiger partial charge on any atom is 0.122 e. The van der Waals surface area contributed by atoms with Crippen LogP contribution in [0.2, 0.25) is 0 Å². The van der Waals surface area contributed by atoms with Crippen LogP contribution in [0.25, 0.3) is 0 Å². The van der Waals surface area contributed by atoms with E-state index < -0.39 is 0 Å².